The second-order valence-electron chi connectivity index (χ2n) is 3.60. The Morgan fingerprint density at radius 2 is 1.88 bits per heavy atom. The molecule has 0 radical (unpaired) electrons. The zero-order chi connectivity index (χ0) is 12.4. The zero-order valence-corrected chi connectivity index (χ0v) is 10.7. The Morgan fingerprint density at radius 1 is 1.12 bits per heavy atom. The lowest BCUT2D eigenvalue weighted by atomic mass is 10.0. The van der Waals surface area contributed by atoms with Crippen LogP contribution in [0.5, 0.6) is 5.75 Å². The fraction of sp³-hybridized carbons (Fsp3) is 0.0769. The third-order valence-electron chi connectivity index (χ3n) is 2.43. The van der Waals surface area contributed by atoms with Crippen LogP contribution >= 0.6 is 23.2 Å². The first-order chi connectivity index (χ1) is 8.11. The van der Waals surface area contributed by atoms with Gasteiger partial charge in [-0.3, -0.25) is 0 Å². The van der Waals surface area contributed by atoms with Crippen LogP contribution in [-0.2, 0) is 0 Å². The van der Waals surface area contributed by atoms with E-state index < -0.39 is 0 Å². The van der Waals surface area contributed by atoms with Crippen molar-refractivity contribution < 1.29 is 4.74 Å². The van der Waals surface area contributed by atoms with Crippen LogP contribution in [0.3, 0.4) is 0 Å². The summed E-state index contributed by atoms with van der Waals surface area (Å²) in [4.78, 5) is 0. The highest BCUT2D eigenvalue weighted by molar-refractivity contribution is 6.44. The topological polar surface area (TPSA) is 35.2 Å². The lowest BCUT2D eigenvalue weighted by Crippen LogP contribution is -1.89. The minimum absolute atomic E-state index is 0.449. The Bertz CT molecular complexity index is 555. The molecular formula is C13H11Cl2NO. The predicted octanol–water partition coefficient (Wildman–Crippen LogP) is 4.25. The van der Waals surface area contributed by atoms with Crippen LogP contribution < -0.4 is 10.5 Å². The summed E-state index contributed by atoms with van der Waals surface area (Å²) in [7, 11) is 1.62. The Labute approximate surface area is 110 Å². The SMILES string of the molecule is COc1cccc(-c2cc(N)cc(Cl)c2Cl)c1. The summed E-state index contributed by atoms with van der Waals surface area (Å²) in [6.07, 6.45) is 0. The first kappa shape index (κ1) is 12.1. The van der Waals surface area contributed by atoms with Gasteiger partial charge in [-0.1, -0.05) is 35.3 Å². The molecule has 0 heterocycles. The van der Waals surface area contributed by atoms with Crippen LogP contribution in [-0.4, -0.2) is 7.11 Å². The molecule has 0 aromatic heterocycles. The smallest absolute Gasteiger partial charge is 0.119 e. The van der Waals surface area contributed by atoms with E-state index in [9.17, 15) is 0 Å². The molecule has 2 aromatic carbocycles. The molecule has 0 saturated heterocycles. The maximum atomic E-state index is 6.17. The summed E-state index contributed by atoms with van der Waals surface area (Å²) in [5.74, 6) is 0.761. The van der Waals surface area contributed by atoms with E-state index >= 15 is 0 Å². The van der Waals surface area contributed by atoms with Crippen LogP contribution in [0.1, 0.15) is 0 Å². The van der Waals surface area contributed by atoms with Gasteiger partial charge < -0.3 is 10.5 Å². The summed E-state index contributed by atoms with van der Waals surface area (Å²) in [5.41, 5.74) is 8.06. The number of anilines is 1. The van der Waals surface area contributed by atoms with Crippen LogP contribution in [0.15, 0.2) is 36.4 Å². The summed E-state index contributed by atoms with van der Waals surface area (Å²) < 4.78 is 5.17. The zero-order valence-electron chi connectivity index (χ0n) is 9.21. The molecule has 2 N–H and O–H groups in total. The number of benzene rings is 2. The number of hydrogen-bond acceptors (Lipinski definition) is 2. The second-order valence-corrected chi connectivity index (χ2v) is 4.38. The molecule has 0 aliphatic rings. The summed E-state index contributed by atoms with van der Waals surface area (Å²) in [6.45, 7) is 0. The number of ether oxygens (including phenoxy) is 1. The lowest BCUT2D eigenvalue weighted by Gasteiger charge is -2.09. The summed E-state index contributed by atoms with van der Waals surface area (Å²) >= 11 is 12.2. The van der Waals surface area contributed by atoms with E-state index in [2.05, 4.69) is 0 Å². The van der Waals surface area contributed by atoms with E-state index in [-0.39, 0.29) is 0 Å². The highest BCUT2D eigenvalue weighted by Crippen LogP contribution is 2.36. The van der Waals surface area contributed by atoms with Gasteiger partial charge >= 0.3 is 0 Å². The molecule has 0 aliphatic heterocycles. The monoisotopic (exact) mass is 267 g/mol. The Kier molecular flexibility index (Phi) is 3.46. The molecule has 88 valence electrons. The van der Waals surface area contributed by atoms with Crippen LogP contribution in [0.4, 0.5) is 5.69 Å². The van der Waals surface area contributed by atoms with Crippen molar-refractivity contribution >= 4 is 28.9 Å². The molecule has 2 nitrogen and oxygen atoms in total. The van der Waals surface area contributed by atoms with E-state index in [1.807, 2.05) is 24.3 Å². The van der Waals surface area contributed by atoms with Crippen molar-refractivity contribution in [2.24, 2.45) is 0 Å². The quantitative estimate of drug-likeness (QED) is 0.826. The van der Waals surface area contributed by atoms with Crippen LogP contribution in [0.25, 0.3) is 11.1 Å². The summed E-state index contributed by atoms with van der Waals surface area (Å²) in [5, 5.41) is 0.943. The fourth-order valence-corrected chi connectivity index (χ4v) is 2.06. The van der Waals surface area contributed by atoms with Gasteiger partial charge in [0, 0.05) is 11.3 Å². The van der Waals surface area contributed by atoms with E-state index in [1.54, 1.807) is 19.2 Å². The molecule has 0 bridgehead atoms. The number of nitrogens with two attached hydrogens (primary N) is 1. The van der Waals surface area contributed by atoms with Gasteiger partial charge in [-0.15, -0.1) is 0 Å². The maximum Gasteiger partial charge on any atom is 0.119 e. The van der Waals surface area contributed by atoms with Gasteiger partial charge in [0.05, 0.1) is 17.2 Å². The fourth-order valence-electron chi connectivity index (χ4n) is 1.61. The molecule has 17 heavy (non-hydrogen) atoms. The van der Waals surface area contributed by atoms with Gasteiger partial charge in [0.25, 0.3) is 0 Å². The van der Waals surface area contributed by atoms with Crippen molar-refractivity contribution in [1.29, 1.82) is 0 Å². The molecule has 0 spiro atoms. The Morgan fingerprint density at radius 3 is 2.59 bits per heavy atom. The van der Waals surface area contributed by atoms with Crippen molar-refractivity contribution in [3.05, 3.63) is 46.4 Å². The highest BCUT2D eigenvalue weighted by atomic mass is 35.5. The number of hydrogen-bond donors (Lipinski definition) is 1. The first-order valence-corrected chi connectivity index (χ1v) is 5.76. The molecule has 4 heteroatoms. The molecule has 0 amide bonds. The van der Waals surface area contributed by atoms with Gasteiger partial charge in [0.2, 0.25) is 0 Å². The van der Waals surface area contributed by atoms with Crippen molar-refractivity contribution in [3.8, 4) is 16.9 Å². The predicted molar refractivity (Wildman–Crippen MR) is 72.9 cm³/mol. The third kappa shape index (κ3) is 2.48. The molecule has 2 aromatic rings. The summed E-state index contributed by atoms with van der Waals surface area (Å²) in [6, 6.07) is 11.0. The number of nitrogen functional groups attached to an aromatic ring is 1. The molecule has 0 atom stereocenters. The minimum atomic E-state index is 0.449. The van der Waals surface area contributed by atoms with E-state index in [0.717, 1.165) is 16.9 Å². The number of halogens is 2. The van der Waals surface area contributed by atoms with Crippen LogP contribution in [0, 0.1) is 0 Å². The number of methoxy groups -OCH3 is 1. The second kappa shape index (κ2) is 4.86. The third-order valence-corrected chi connectivity index (χ3v) is 3.23. The number of rotatable bonds is 2. The molecule has 2 rings (SSSR count). The van der Waals surface area contributed by atoms with Crippen molar-refractivity contribution in [2.75, 3.05) is 12.8 Å². The van der Waals surface area contributed by atoms with Gasteiger partial charge in [0.1, 0.15) is 5.75 Å². The van der Waals surface area contributed by atoms with Crippen molar-refractivity contribution in [1.82, 2.24) is 0 Å². The lowest BCUT2D eigenvalue weighted by molar-refractivity contribution is 0.415. The van der Waals surface area contributed by atoms with Gasteiger partial charge in [-0.25, -0.2) is 0 Å². The van der Waals surface area contributed by atoms with E-state index in [0.29, 0.717) is 15.7 Å². The van der Waals surface area contributed by atoms with Gasteiger partial charge in [-0.05, 0) is 29.8 Å². The molecule has 0 aliphatic carbocycles. The Balaban J connectivity index is 2.59. The van der Waals surface area contributed by atoms with E-state index in [1.165, 1.54) is 0 Å². The first-order valence-electron chi connectivity index (χ1n) is 5.01. The Hall–Kier alpha value is -1.38. The highest BCUT2D eigenvalue weighted by Gasteiger charge is 2.09. The maximum absolute atomic E-state index is 6.17. The van der Waals surface area contributed by atoms with E-state index in [4.69, 9.17) is 33.7 Å². The minimum Gasteiger partial charge on any atom is -0.497 e. The largest absolute Gasteiger partial charge is 0.497 e. The molecular weight excluding hydrogens is 257 g/mol. The average molecular weight is 268 g/mol. The van der Waals surface area contributed by atoms with Crippen LogP contribution in [0.2, 0.25) is 10.0 Å². The average Bonchev–Trinajstić information content (AvgIpc) is 2.34. The molecule has 0 unspecified atom stereocenters. The van der Waals surface area contributed by atoms with Crippen molar-refractivity contribution in [2.45, 2.75) is 0 Å². The van der Waals surface area contributed by atoms with Gasteiger partial charge in [-0.2, -0.15) is 0 Å². The van der Waals surface area contributed by atoms with Crippen molar-refractivity contribution in [3.63, 3.8) is 0 Å². The molecule has 0 saturated carbocycles. The van der Waals surface area contributed by atoms with Gasteiger partial charge in [0.15, 0.2) is 0 Å². The normalized spacial score (nSPS) is 10.3. The standard InChI is InChI=1S/C13H11Cl2NO/c1-17-10-4-2-3-8(5-10)11-6-9(16)7-12(14)13(11)15/h2-7H,16H2,1H3. The molecule has 0 fully saturated rings.